The third kappa shape index (κ3) is 8.49. The van der Waals surface area contributed by atoms with E-state index in [0.717, 1.165) is 25.0 Å². The highest BCUT2D eigenvalue weighted by Crippen LogP contribution is 2.42. The molecule has 3 nitrogen and oxygen atoms in total. The van der Waals surface area contributed by atoms with Crippen molar-refractivity contribution in [2.75, 3.05) is 5.75 Å². The molecule has 4 atom stereocenters. The summed E-state index contributed by atoms with van der Waals surface area (Å²) in [6.07, 6.45) is 12.0. The first-order valence-electron chi connectivity index (χ1n) is 10.7. The van der Waals surface area contributed by atoms with Crippen LogP contribution in [0.4, 0.5) is 0 Å². The largest absolute Gasteiger partial charge is 0.287 e. The number of benzene rings is 1. The van der Waals surface area contributed by atoms with E-state index in [2.05, 4.69) is 69.3 Å². The average Bonchev–Trinajstić information content (AvgIpc) is 2.95. The molecule has 29 heavy (non-hydrogen) atoms. The molecule has 1 aliphatic rings. The van der Waals surface area contributed by atoms with E-state index in [1.807, 2.05) is 19.9 Å². The molecule has 1 fully saturated rings. The zero-order valence-corrected chi connectivity index (χ0v) is 19.3. The fourth-order valence-electron chi connectivity index (χ4n) is 3.96. The average molecular weight is 417 g/mol. The molecule has 160 valence electrons. The van der Waals surface area contributed by atoms with Crippen molar-refractivity contribution in [1.29, 1.82) is 0 Å². The van der Waals surface area contributed by atoms with E-state index in [1.165, 1.54) is 17.3 Å². The molecule has 1 aromatic rings. The van der Waals surface area contributed by atoms with Gasteiger partial charge in [0.25, 0.3) is 0 Å². The molecule has 0 spiro atoms. The molecule has 1 aliphatic heterocycles. The predicted molar refractivity (Wildman–Crippen MR) is 124 cm³/mol. The Kier molecular flexibility index (Phi) is 9.19. The van der Waals surface area contributed by atoms with Crippen molar-refractivity contribution >= 4 is 23.0 Å². The number of carbonyl (C=O) groups is 1. The zero-order chi connectivity index (χ0) is 21.3. The summed E-state index contributed by atoms with van der Waals surface area (Å²) in [5, 5.41) is 0.174. The first kappa shape index (κ1) is 23.9. The van der Waals surface area contributed by atoms with E-state index in [-0.39, 0.29) is 10.7 Å². The third-order valence-corrected chi connectivity index (χ3v) is 5.91. The molecular weight excluding hydrogens is 380 g/mol. The van der Waals surface area contributed by atoms with Crippen LogP contribution in [0, 0.1) is 11.8 Å². The molecule has 2 rings (SSSR count). The molecule has 1 aromatic carbocycles. The number of rotatable bonds is 10. The molecule has 0 unspecified atom stereocenters. The highest BCUT2D eigenvalue weighted by molar-refractivity contribution is 8.13. The molecule has 0 saturated carbocycles. The smallest absolute Gasteiger partial charge is 0.191 e. The van der Waals surface area contributed by atoms with Crippen LogP contribution in [0.5, 0.6) is 0 Å². The van der Waals surface area contributed by atoms with Gasteiger partial charge in [-0.05, 0) is 49.8 Å². The predicted octanol–water partition coefficient (Wildman–Crippen LogP) is 6.85. The standard InChI is InChI=1S/C25H36O3S/c1-6-29-23(26)18-25(5)19-24(4,27-28-25)17-21(3)12-10-11-20(2)15-16-22-13-8-7-9-14-22/h7-10,12-16,20-21H,6,11,17-19H2,1-5H3/b12-10+,16-15+/t20-,21-,24-,25+/m0/s1. The summed E-state index contributed by atoms with van der Waals surface area (Å²) < 4.78 is 0. The van der Waals surface area contributed by atoms with Gasteiger partial charge >= 0.3 is 0 Å². The summed E-state index contributed by atoms with van der Waals surface area (Å²) >= 11 is 1.36. The topological polar surface area (TPSA) is 35.5 Å². The van der Waals surface area contributed by atoms with Gasteiger partial charge in [0.05, 0.1) is 0 Å². The SMILES string of the molecule is CCSC(=O)C[C@]1(C)C[C@](C)(C[C@@H](C)/C=C/C[C@H](C)/C=C/c2ccccc2)OO1. The summed E-state index contributed by atoms with van der Waals surface area (Å²) in [7, 11) is 0. The van der Waals surface area contributed by atoms with Crippen LogP contribution < -0.4 is 0 Å². The first-order valence-corrected chi connectivity index (χ1v) is 11.6. The van der Waals surface area contributed by atoms with Gasteiger partial charge < -0.3 is 0 Å². The quantitative estimate of drug-likeness (QED) is 0.309. The number of hydrogen-bond acceptors (Lipinski definition) is 4. The lowest BCUT2D eigenvalue weighted by Crippen LogP contribution is -2.31. The lowest BCUT2D eigenvalue weighted by Gasteiger charge is -2.24. The van der Waals surface area contributed by atoms with Crippen molar-refractivity contribution in [3.05, 3.63) is 54.1 Å². The maximum absolute atomic E-state index is 12.0. The summed E-state index contributed by atoms with van der Waals surface area (Å²) in [6, 6.07) is 10.4. The summed E-state index contributed by atoms with van der Waals surface area (Å²) in [4.78, 5) is 23.3. The van der Waals surface area contributed by atoms with Crippen LogP contribution in [-0.2, 0) is 14.6 Å². The molecule has 1 saturated heterocycles. The molecule has 0 bridgehead atoms. The fraction of sp³-hybridized carbons (Fsp3) is 0.560. The van der Waals surface area contributed by atoms with E-state index in [9.17, 15) is 4.79 Å². The molecule has 0 aromatic heterocycles. The van der Waals surface area contributed by atoms with Crippen LogP contribution in [0.3, 0.4) is 0 Å². The molecule has 0 N–H and O–H groups in total. The van der Waals surface area contributed by atoms with Crippen molar-refractivity contribution in [2.45, 2.75) is 71.5 Å². The second-order valence-corrected chi connectivity index (χ2v) is 10.1. The summed E-state index contributed by atoms with van der Waals surface area (Å²) in [5.41, 5.74) is 0.366. The Morgan fingerprint density at radius 2 is 1.79 bits per heavy atom. The van der Waals surface area contributed by atoms with Crippen LogP contribution in [0.2, 0.25) is 0 Å². The fourth-order valence-corrected chi connectivity index (χ4v) is 4.69. The van der Waals surface area contributed by atoms with Gasteiger partial charge in [-0.2, -0.15) is 0 Å². The number of carbonyl (C=O) groups excluding carboxylic acids is 1. The van der Waals surface area contributed by atoms with E-state index in [4.69, 9.17) is 9.78 Å². The Morgan fingerprint density at radius 1 is 1.10 bits per heavy atom. The number of thioether (sulfide) groups is 1. The van der Waals surface area contributed by atoms with Crippen molar-refractivity contribution in [1.82, 2.24) is 0 Å². The van der Waals surface area contributed by atoms with Crippen molar-refractivity contribution in [3.63, 3.8) is 0 Å². The highest BCUT2D eigenvalue weighted by Gasteiger charge is 2.47. The Hall–Kier alpha value is -1.36. The first-order chi connectivity index (χ1) is 13.7. The minimum atomic E-state index is -0.520. The van der Waals surface area contributed by atoms with Crippen molar-refractivity contribution in [2.24, 2.45) is 11.8 Å². The van der Waals surface area contributed by atoms with E-state index in [0.29, 0.717) is 18.3 Å². The lowest BCUT2D eigenvalue weighted by atomic mass is 9.83. The van der Waals surface area contributed by atoms with Gasteiger partial charge in [-0.25, -0.2) is 9.78 Å². The van der Waals surface area contributed by atoms with Gasteiger partial charge in [-0.1, -0.05) is 87.2 Å². The molecule has 0 aliphatic carbocycles. The molecule has 1 heterocycles. The van der Waals surface area contributed by atoms with Gasteiger partial charge in [-0.3, -0.25) is 4.79 Å². The Labute approximate surface area is 180 Å². The van der Waals surface area contributed by atoms with E-state index in [1.54, 1.807) is 0 Å². The van der Waals surface area contributed by atoms with Crippen LogP contribution in [0.15, 0.2) is 48.6 Å². The van der Waals surface area contributed by atoms with E-state index >= 15 is 0 Å². The van der Waals surface area contributed by atoms with Gasteiger partial charge in [0, 0.05) is 12.8 Å². The molecule has 0 radical (unpaired) electrons. The van der Waals surface area contributed by atoms with E-state index < -0.39 is 5.60 Å². The number of hydrogen-bond donors (Lipinski definition) is 0. The maximum Gasteiger partial charge on any atom is 0.191 e. The van der Waals surface area contributed by atoms with Crippen LogP contribution in [-0.4, -0.2) is 22.1 Å². The third-order valence-electron chi connectivity index (χ3n) is 5.16. The van der Waals surface area contributed by atoms with Crippen molar-refractivity contribution < 1.29 is 14.6 Å². The highest BCUT2D eigenvalue weighted by atomic mass is 32.2. The minimum Gasteiger partial charge on any atom is -0.287 e. The normalized spacial score (nSPS) is 26.9. The van der Waals surface area contributed by atoms with Gasteiger partial charge in [0.2, 0.25) is 0 Å². The summed E-state index contributed by atoms with van der Waals surface area (Å²) in [5.74, 6) is 1.68. The van der Waals surface area contributed by atoms with Gasteiger partial charge in [-0.15, -0.1) is 0 Å². The Balaban J connectivity index is 1.78. The molecular formula is C25H36O3S. The molecule has 0 amide bonds. The summed E-state index contributed by atoms with van der Waals surface area (Å²) in [6.45, 7) is 10.5. The van der Waals surface area contributed by atoms with Crippen LogP contribution in [0.1, 0.15) is 65.9 Å². The zero-order valence-electron chi connectivity index (χ0n) is 18.5. The molecule has 4 heteroatoms. The van der Waals surface area contributed by atoms with Crippen molar-refractivity contribution in [3.8, 4) is 0 Å². The second-order valence-electron chi connectivity index (χ2n) is 8.82. The van der Waals surface area contributed by atoms with Gasteiger partial charge in [0.1, 0.15) is 11.2 Å². The van der Waals surface area contributed by atoms with Gasteiger partial charge in [0.15, 0.2) is 5.12 Å². The van der Waals surface area contributed by atoms with Crippen LogP contribution in [0.25, 0.3) is 6.08 Å². The maximum atomic E-state index is 12.0. The van der Waals surface area contributed by atoms with Crippen LogP contribution >= 0.6 is 11.8 Å². The Bertz CT molecular complexity index is 699. The minimum absolute atomic E-state index is 0.174. The Morgan fingerprint density at radius 3 is 2.48 bits per heavy atom. The second kappa shape index (κ2) is 11.1. The lowest BCUT2D eigenvalue weighted by molar-refractivity contribution is -0.345. The number of allylic oxidation sites excluding steroid dienone is 3. The monoisotopic (exact) mass is 416 g/mol.